The average molecular weight is 379 g/mol. The number of nitrogens with one attached hydrogen (secondary N) is 1. The third-order valence-electron chi connectivity index (χ3n) is 3.90. The first-order valence-corrected chi connectivity index (χ1v) is 10.2. The summed E-state index contributed by atoms with van der Waals surface area (Å²) in [4.78, 5) is 13.7. The number of sulfonamides is 1. The first-order valence-electron chi connectivity index (χ1n) is 8.55. The fraction of sp³-hybridized carbons (Fsp3) is 0.556. The summed E-state index contributed by atoms with van der Waals surface area (Å²) in [6.07, 6.45) is 0.913. The zero-order valence-electron chi connectivity index (χ0n) is 15.4. The SMILES string of the molecule is CC(C)(C)OC(=O)N1CCC[C@@H](NS(=O)(=O)Cc2ccccc2C#N)C1. The molecule has 1 amide bonds. The van der Waals surface area contributed by atoms with Crippen molar-refractivity contribution in [1.29, 1.82) is 5.26 Å². The van der Waals surface area contributed by atoms with Crippen LogP contribution < -0.4 is 4.72 Å². The normalized spacial score (nSPS) is 18.2. The van der Waals surface area contributed by atoms with Crippen molar-refractivity contribution in [2.45, 2.75) is 51.0 Å². The predicted octanol–water partition coefficient (Wildman–Crippen LogP) is 2.38. The Morgan fingerprint density at radius 1 is 1.38 bits per heavy atom. The second-order valence-corrected chi connectivity index (χ2v) is 9.17. The molecule has 1 saturated heterocycles. The fourth-order valence-electron chi connectivity index (χ4n) is 2.82. The lowest BCUT2D eigenvalue weighted by molar-refractivity contribution is 0.0195. The largest absolute Gasteiger partial charge is 0.444 e. The number of rotatable bonds is 4. The van der Waals surface area contributed by atoms with Crippen LogP contribution in [0.4, 0.5) is 4.79 Å². The molecule has 26 heavy (non-hydrogen) atoms. The van der Waals surface area contributed by atoms with Crippen LogP contribution in [0.25, 0.3) is 0 Å². The highest BCUT2D eigenvalue weighted by atomic mass is 32.2. The Bertz CT molecular complexity index is 793. The van der Waals surface area contributed by atoms with Crippen molar-refractivity contribution < 1.29 is 17.9 Å². The molecule has 1 aliphatic rings. The number of carbonyl (C=O) groups is 1. The maximum absolute atomic E-state index is 12.5. The van der Waals surface area contributed by atoms with Gasteiger partial charge in [-0.1, -0.05) is 18.2 Å². The highest BCUT2D eigenvalue weighted by Gasteiger charge is 2.29. The van der Waals surface area contributed by atoms with Crippen LogP contribution in [0.3, 0.4) is 0 Å². The number of nitriles is 1. The zero-order chi connectivity index (χ0) is 19.4. The Balaban J connectivity index is 2.00. The van der Waals surface area contributed by atoms with Crippen molar-refractivity contribution in [3.63, 3.8) is 0 Å². The van der Waals surface area contributed by atoms with Gasteiger partial charge in [0.15, 0.2) is 0 Å². The molecule has 1 atom stereocenters. The van der Waals surface area contributed by atoms with Gasteiger partial charge in [0, 0.05) is 19.1 Å². The Hall–Kier alpha value is -2.11. The van der Waals surface area contributed by atoms with Crippen molar-refractivity contribution in [3.8, 4) is 6.07 Å². The van der Waals surface area contributed by atoms with Gasteiger partial charge in [-0.3, -0.25) is 0 Å². The van der Waals surface area contributed by atoms with Crippen molar-refractivity contribution in [2.24, 2.45) is 0 Å². The molecule has 0 aromatic heterocycles. The molecule has 1 aromatic rings. The van der Waals surface area contributed by atoms with E-state index in [1.54, 1.807) is 45.0 Å². The van der Waals surface area contributed by atoms with E-state index in [-0.39, 0.29) is 18.3 Å². The van der Waals surface area contributed by atoms with Crippen molar-refractivity contribution in [3.05, 3.63) is 35.4 Å². The first kappa shape index (κ1) is 20.2. The minimum absolute atomic E-state index is 0.264. The Morgan fingerprint density at radius 3 is 2.73 bits per heavy atom. The second-order valence-electron chi connectivity index (χ2n) is 7.41. The molecule has 0 aliphatic carbocycles. The topological polar surface area (TPSA) is 99.5 Å². The number of hydrogen-bond acceptors (Lipinski definition) is 5. The summed E-state index contributed by atoms with van der Waals surface area (Å²) >= 11 is 0. The van der Waals surface area contributed by atoms with Crippen LogP contribution >= 0.6 is 0 Å². The fourth-order valence-corrected chi connectivity index (χ4v) is 4.27. The molecule has 1 N–H and O–H groups in total. The Labute approximate surface area is 155 Å². The van der Waals surface area contributed by atoms with Crippen LogP contribution in [-0.4, -0.2) is 44.1 Å². The van der Waals surface area contributed by atoms with Gasteiger partial charge in [-0.15, -0.1) is 0 Å². The molecular formula is C18H25N3O4S. The number of ether oxygens (including phenoxy) is 1. The summed E-state index contributed by atoms with van der Waals surface area (Å²) < 4.78 is 33.0. The highest BCUT2D eigenvalue weighted by Crippen LogP contribution is 2.17. The number of benzene rings is 1. The van der Waals surface area contributed by atoms with E-state index in [1.807, 2.05) is 6.07 Å². The number of nitrogens with zero attached hydrogens (tertiary/aromatic N) is 2. The zero-order valence-corrected chi connectivity index (χ0v) is 16.2. The molecule has 1 fully saturated rings. The molecule has 0 unspecified atom stereocenters. The summed E-state index contributed by atoms with van der Waals surface area (Å²) in [5.74, 6) is -0.264. The second kappa shape index (κ2) is 8.06. The van der Waals surface area contributed by atoms with Crippen LogP contribution in [0.15, 0.2) is 24.3 Å². The minimum Gasteiger partial charge on any atom is -0.444 e. The summed E-state index contributed by atoms with van der Waals surface area (Å²) in [7, 11) is -3.63. The van der Waals surface area contributed by atoms with Crippen molar-refractivity contribution in [2.75, 3.05) is 13.1 Å². The molecule has 0 saturated carbocycles. The van der Waals surface area contributed by atoms with Gasteiger partial charge in [0.1, 0.15) is 5.60 Å². The van der Waals surface area contributed by atoms with E-state index >= 15 is 0 Å². The molecule has 0 bridgehead atoms. The monoisotopic (exact) mass is 379 g/mol. The number of hydrogen-bond donors (Lipinski definition) is 1. The van der Waals surface area contributed by atoms with Crippen LogP contribution in [0.2, 0.25) is 0 Å². The highest BCUT2D eigenvalue weighted by molar-refractivity contribution is 7.88. The molecule has 1 aromatic carbocycles. The van der Waals surface area contributed by atoms with Gasteiger partial charge >= 0.3 is 6.09 Å². The summed E-state index contributed by atoms with van der Waals surface area (Å²) in [5.41, 5.74) is 0.212. The number of carbonyl (C=O) groups excluding carboxylic acids is 1. The minimum atomic E-state index is -3.63. The number of amides is 1. The van der Waals surface area contributed by atoms with Gasteiger partial charge in [-0.2, -0.15) is 5.26 Å². The Kier molecular flexibility index (Phi) is 6.26. The van der Waals surface area contributed by atoms with E-state index in [1.165, 1.54) is 4.90 Å². The molecular weight excluding hydrogens is 354 g/mol. The smallest absolute Gasteiger partial charge is 0.410 e. The molecule has 1 heterocycles. The summed E-state index contributed by atoms with van der Waals surface area (Å²) in [5, 5.41) is 9.10. The lowest BCUT2D eigenvalue weighted by atomic mass is 10.1. The van der Waals surface area contributed by atoms with E-state index in [4.69, 9.17) is 10.00 Å². The van der Waals surface area contributed by atoms with Crippen molar-refractivity contribution in [1.82, 2.24) is 9.62 Å². The summed E-state index contributed by atoms with van der Waals surface area (Å²) in [6.45, 7) is 6.20. The Morgan fingerprint density at radius 2 is 2.08 bits per heavy atom. The molecule has 7 nitrogen and oxygen atoms in total. The van der Waals surface area contributed by atoms with E-state index in [2.05, 4.69) is 4.72 Å². The van der Waals surface area contributed by atoms with Gasteiger partial charge in [0.25, 0.3) is 0 Å². The van der Waals surface area contributed by atoms with Gasteiger partial charge < -0.3 is 9.64 Å². The third kappa shape index (κ3) is 6.00. The lowest BCUT2D eigenvalue weighted by Crippen LogP contribution is -2.50. The van der Waals surface area contributed by atoms with Crippen LogP contribution in [0, 0.1) is 11.3 Å². The van der Waals surface area contributed by atoms with Gasteiger partial charge in [0.05, 0.1) is 17.4 Å². The maximum atomic E-state index is 12.5. The van der Waals surface area contributed by atoms with Crippen molar-refractivity contribution >= 4 is 16.1 Å². The molecule has 8 heteroatoms. The average Bonchev–Trinajstić information content (AvgIpc) is 2.53. The van der Waals surface area contributed by atoms with Gasteiger partial charge in [-0.25, -0.2) is 17.9 Å². The van der Waals surface area contributed by atoms with Gasteiger partial charge in [0.2, 0.25) is 10.0 Å². The van der Waals surface area contributed by atoms with E-state index < -0.39 is 21.7 Å². The van der Waals surface area contributed by atoms with E-state index in [0.29, 0.717) is 30.5 Å². The summed E-state index contributed by atoms with van der Waals surface area (Å²) in [6, 6.07) is 8.26. The number of likely N-dealkylation sites (tertiary alicyclic amines) is 1. The predicted molar refractivity (Wildman–Crippen MR) is 97.7 cm³/mol. The number of piperidine rings is 1. The van der Waals surface area contributed by atoms with Gasteiger partial charge in [-0.05, 0) is 45.2 Å². The molecule has 2 rings (SSSR count). The lowest BCUT2D eigenvalue weighted by Gasteiger charge is -2.34. The van der Waals surface area contributed by atoms with Crippen LogP contribution in [0.1, 0.15) is 44.7 Å². The maximum Gasteiger partial charge on any atom is 0.410 e. The third-order valence-corrected chi connectivity index (χ3v) is 5.29. The molecule has 0 radical (unpaired) electrons. The quantitative estimate of drug-likeness (QED) is 0.866. The first-order chi connectivity index (χ1) is 12.1. The van der Waals surface area contributed by atoms with E-state index in [0.717, 1.165) is 0 Å². The molecule has 1 aliphatic heterocycles. The van der Waals surface area contributed by atoms with Crippen LogP contribution in [0.5, 0.6) is 0 Å². The molecule has 142 valence electrons. The van der Waals surface area contributed by atoms with Crippen LogP contribution in [-0.2, 0) is 20.5 Å². The van der Waals surface area contributed by atoms with E-state index in [9.17, 15) is 13.2 Å². The molecule has 0 spiro atoms. The standard InChI is InChI=1S/C18H25N3O4S/c1-18(2,3)25-17(22)21-10-6-9-16(12-21)20-26(23,24)13-15-8-5-4-7-14(15)11-19/h4-5,7-8,16,20H,6,9-10,12-13H2,1-3H3/t16-/m1/s1.